The molecule has 0 saturated carbocycles. The third kappa shape index (κ3) is 5.10. The molecule has 1 rings (SSSR count). The van der Waals surface area contributed by atoms with E-state index in [1.54, 1.807) is 6.92 Å². The molecule has 0 bridgehead atoms. The first kappa shape index (κ1) is 13.9. The third-order valence-corrected chi connectivity index (χ3v) is 1.98. The Hall–Kier alpha value is -1.21. The molecule has 7 heteroatoms. The quantitative estimate of drug-likeness (QED) is 0.646. The van der Waals surface area contributed by atoms with Gasteiger partial charge in [-0.2, -0.15) is 18.7 Å². The fourth-order valence-corrected chi connectivity index (χ4v) is 1.17. The molecular weight excluding hydrogens is 240 g/mol. The summed E-state index contributed by atoms with van der Waals surface area (Å²) in [4.78, 5) is 8.09. The highest BCUT2D eigenvalue weighted by atomic mass is 19.4. The molecule has 0 aliphatic heterocycles. The molecule has 96 valence electrons. The molecule has 1 atom stereocenters. The van der Waals surface area contributed by atoms with Crippen molar-refractivity contribution in [2.75, 3.05) is 6.61 Å². The zero-order valence-corrected chi connectivity index (χ0v) is 9.09. The van der Waals surface area contributed by atoms with Crippen LogP contribution >= 0.6 is 0 Å². The van der Waals surface area contributed by atoms with Crippen molar-refractivity contribution in [3.8, 4) is 0 Å². The summed E-state index contributed by atoms with van der Waals surface area (Å²) in [6.45, 7) is 0.365. The minimum absolute atomic E-state index is 0.427. The molecule has 1 N–H and O–H groups in total. The average molecular weight is 252 g/mol. The van der Waals surface area contributed by atoms with Crippen LogP contribution in [-0.2, 0) is 4.84 Å². The second-order valence-corrected chi connectivity index (χ2v) is 3.38. The number of rotatable bonds is 5. The van der Waals surface area contributed by atoms with Crippen molar-refractivity contribution in [3.05, 3.63) is 29.8 Å². The highest BCUT2D eigenvalue weighted by Gasteiger charge is 2.28. The first-order chi connectivity index (χ1) is 7.92. The number of hydroxylamine groups is 1. The van der Waals surface area contributed by atoms with E-state index in [4.69, 9.17) is 0 Å². The lowest BCUT2D eigenvalue weighted by molar-refractivity contribution is -0.193. The molecular formula is C10H12F4N2O. The fraction of sp³-hybridized carbons (Fsp3) is 0.500. The highest BCUT2D eigenvalue weighted by Crippen LogP contribution is 2.17. The number of hydrogen-bond donors (Lipinski definition) is 1. The molecule has 1 aromatic heterocycles. The lowest BCUT2D eigenvalue weighted by Crippen LogP contribution is -2.28. The fourth-order valence-electron chi connectivity index (χ4n) is 1.17. The van der Waals surface area contributed by atoms with E-state index in [1.807, 2.05) is 0 Å². The molecule has 0 fully saturated rings. The van der Waals surface area contributed by atoms with Gasteiger partial charge in [0.05, 0.1) is 17.9 Å². The van der Waals surface area contributed by atoms with Gasteiger partial charge in [-0.1, -0.05) is 6.92 Å². The Labute approximate surface area is 95.8 Å². The van der Waals surface area contributed by atoms with Gasteiger partial charge in [-0.3, -0.25) is 9.82 Å². The van der Waals surface area contributed by atoms with Gasteiger partial charge >= 0.3 is 6.18 Å². The average Bonchev–Trinajstić information content (AvgIpc) is 2.24. The lowest BCUT2D eigenvalue weighted by atomic mass is 10.1. The topological polar surface area (TPSA) is 34.1 Å². The van der Waals surface area contributed by atoms with Gasteiger partial charge in [0, 0.05) is 0 Å². The second kappa shape index (κ2) is 5.92. The van der Waals surface area contributed by atoms with E-state index in [9.17, 15) is 17.6 Å². The van der Waals surface area contributed by atoms with Gasteiger partial charge in [0.15, 0.2) is 6.61 Å². The van der Waals surface area contributed by atoms with Crippen LogP contribution in [0.4, 0.5) is 17.6 Å². The first-order valence-corrected chi connectivity index (χ1v) is 4.98. The van der Waals surface area contributed by atoms with Gasteiger partial charge in [0.25, 0.3) is 0 Å². The van der Waals surface area contributed by atoms with Gasteiger partial charge in [-0.15, -0.1) is 0 Å². The summed E-state index contributed by atoms with van der Waals surface area (Å²) < 4.78 is 48.1. The zero-order valence-electron chi connectivity index (χ0n) is 9.09. The van der Waals surface area contributed by atoms with Crippen molar-refractivity contribution in [1.82, 2.24) is 10.5 Å². The molecule has 1 aromatic rings. The molecule has 17 heavy (non-hydrogen) atoms. The van der Waals surface area contributed by atoms with Crippen LogP contribution in [-0.4, -0.2) is 17.8 Å². The molecule has 1 unspecified atom stereocenters. The maximum absolute atomic E-state index is 12.6. The summed E-state index contributed by atoms with van der Waals surface area (Å²) >= 11 is 0. The first-order valence-electron chi connectivity index (χ1n) is 4.98. The summed E-state index contributed by atoms with van der Waals surface area (Å²) in [7, 11) is 0. The van der Waals surface area contributed by atoms with Gasteiger partial charge in [-0.25, -0.2) is 4.39 Å². The molecule has 0 amide bonds. The van der Waals surface area contributed by atoms with E-state index in [1.165, 1.54) is 12.1 Å². The summed E-state index contributed by atoms with van der Waals surface area (Å²) in [5.74, 6) is -0.500. The van der Waals surface area contributed by atoms with Crippen LogP contribution in [0.5, 0.6) is 0 Å². The molecule has 0 spiro atoms. The third-order valence-electron chi connectivity index (χ3n) is 1.98. The minimum atomic E-state index is -4.39. The Balaban J connectivity index is 2.51. The van der Waals surface area contributed by atoms with E-state index < -0.39 is 24.6 Å². The Morgan fingerprint density at radius 3 is 2.59 bits per heavy atom. The molecule has 0 radical (unpaired) electrons. The molecule has 0 aliphatic rings. The van der Waals surface area contributed by atoms with Crippen LogP contribution in [0.2, 0.25) is 0 Å². The largest absolute Gasteiger partial charge is 0.413 e. The van der Waals surface area contributed by atoms with E-state index in [2.05, 4.69) is 15.3 Å². The van der Waals surface area contributed by atoms with Crippen LogP contribution in [0, 0.1) is 5.82 Å². The SMILES string of the molecule is CCC(NOCC(F)(F)F)c1ccc(F)cn1. The van der Waals surface area contributed by atoms with Gasteiger partial charge < -0.3 is 0 Å². The molecule has 1 heterocycles. The van der Waals surface area contributed by atoms with Crippen molar-refractivity contribution >= 4 is 0 Å². The maximum Gasteiger partial charge on any atom is 0.413 e. The van der Waals surface area contributed by atoms with Gasteiger partial charge in [-0.05, 0) is 18.6 Å². The smallest absolute Gasteiger partial charge is 0.292 e. The predicted molar refractivity (Wildman–Crippen MR) is 52.4 cm³/mol. The van der Waals surface area contributed by atoms with Crippen molar-refractivity contribution in [2.24, 2.45) is 0 Å². The van der Waals surface area contributed by atoms with E-state index in [-0.39, 0.29) is 0 Å². The molecule has 0 aromatic carbocycles. The van der Waals surface area contributed by atoms with E-state index in [0.29, 0.717) is 12.1 Å². The predicted octanol–water partition coefficient (Wildman–Crippen LogP) is 2.76. The normalized spacial score (nSPS) is 13.7. The monoisotopic (exact) mass is 252 g/mol. The van der Waals surface area contributed by atoms with Crippen LogP contribution < -0.4 is 5.48 Å². The number of pyridine rings is 1. The molecule has 3 nitrogen and oxygen atoms in total. The van der Waals surface area contributed by atoms with Crippen LogP contribution in [0.25, 0.3) is 0 Å². The Bertz CT molecular complexity index is 339. The Kier molecular flexibility index (Phi) is 4.83. The van der Waals surface area contributed by atoms with E-state index >= 15 is 0 Å². The maximum atomic E-state index is 12.6. The lowest BCUT2D eigenvalue weighted by Gasteiger charge is -2.16. The van der Waals surface area contributed by atoms with Crippen LogP contribution in [0.15, 0.2) is 18.3 Å². The van der Waals surface area contributed by atoms with Crippen molar-refractivity contribution < 1.29 is 22.4 Å². The van der Waals surface area contributed by atoms with Gasteiger partial charge in [0.1, 0.15) is 5.82 Å². The molecule has 0 saturated heterocycles. The summed E-state index contributed by atoms with van der Waals surface area (Å²) in [6.07, 6.45) is -2.92. The number of nitrogens with zero attached hydrogens (tertiary/aromatic N) is 1. The van der Waals surface area contributed by atoms with Crippen molar-refractivity contribution in [3.63, 3.8) is 0 Å². The van der Waals surface area contributed by atoms with Crippen LogP contribution in [0.3, 0.4) is 0 Å². The number of alkyl halides is 3. The zero-order chi connectivity index (χ0) is 12.9. The van der Waals surface area contributed by atoms with Crippen molar-refractivity contribution in [2.45, 2.75) is 25.6 Å². The number of hydrogen-bond acceptors (Lipinski definition) is 3. The number of nitrogens with one attached hydrogen (secondary N) is 1. The second-order valence-electron chi connectivity index (χ2n) is 3.38. The highest BCUT2D eigenvalue weighted by molar-refractivity contribution is 5.09. The summed E-state index contributed by atoms with van der Waals surface area (Å²) in [6, 6.07) is 2.09. The van der Waals surface area contributed by atoms with E-state index in [0.717, 1.165) is 6.20 Å². The minimum Gasteiger partial charge on any atom is -0.292 e. The standard InChI is InChI=1S/C10H12F4N2O/c1-2-8(16-17-6-10(12,13)14)9-4-3-7(11)5-15-9/h3-5,8,16H,2,6H2,1H3. The Morgan fingerprint density at radius 2 is 2.12 bits per heavy atom. The Morgan fingerprint density at radius 1 is 1.41 bits per heavy atom. The van der Waals surface area contributed by atoms with Crippen LogP contribution in [0.1, 0.15) is 25.1 Å². The number of halogens is 4. The summed E-state index contributed by atoms with van der Waals surface area (Å²) in [5.41, 5.74) is 2.68. The van der Waals surface area contributed by atoms with Crippen molar-refractivity contribution in [1.29, 1.82) is 0 Å². The number of aromatic nitrogens is 1. The summed E-state index contributed by atoms with van der Waals surface area (Å²) in [5, 5.41) is 0. The van der Waals surface area contributed by atoms with Gasteiger partial charge in [0.2, 0.25) is 0 Å². The molecule has 0 aliphatic carbocycles.